The Morgan fingerprint density at radius 3 is 2.64 bits per heavy atom. The molecule has 0 bridgehead atoms. The third-order valence-electron chi connectivity index (χ3n) is 3.30. The van der Waals surface area contributed by atoms with Crippen LogP contribution in [0.1, 0.15) is 31.2 Å². The van der Waals surface area contributed by atoms with E-state index in [4.69, 9.17) is 9.52 Å². The molecule has 2 N–H and O–H groups in total. The van der Waals surface area contributed by atoms with Gasteiger partial charge in [0.1, 0.15) is 11.8 Å². The molecule has 22 heavy (non-hydrogen) atoms. The quantitative estimate of drug-likeness (QED) is 0.816. The van der Waals surface area contributed by atoms with E-state index in [0.29, 0.717) is 24.6 Å². The topological polar surface area (TPSA) is 75.4 Å². The third-order valence-corrected chi connectivity index (χ3v) is 3.30. The number of hydrogen-bond acceptors (Lipinski definition) is 4. The van der Waals surface area contributed by atoms with Crippen LogP contribution in [0.15, 0.2) is 34.7 Å². The molecule has 0 aliphatic carbocycles. The number of hydrogen-bond donors (Lipinski definition) is 2. The molecule has 0 aliphatic rings. The van der Waals surface area contributed by atoms with Crippen LogP contribution in [0.4, 0.5) is 0 Å². The number of halogens is 1. The third kappa shape index (κ3) is 4.58. The highest BCUT2D eigenvalue weighted by atomic mass is 35.5. The number of aliphatic carboxylic acids is 1. The molecular formula is C16H21ClN2O3. The van der Waals surface area contributed by atoms with Gasteiger partial charge in [0.2, 0.25) is 5.89 Å². The fourth-order valence-corrected chi connectivity index (χ4v) is 2.12. The first-order valence-corrected chi connectivity index (χ1v) is 7.09. The van der Waals surface area contributed by atoms with Crippen LogP contribution in [0.25, 0.3) is 11.5 Å². The minimum atomic E-state index is -0.832. The zero-order valence-corrected chi connectivity index (χ0v) is 13.5. The SMILES string of the molecule is CCCC(NCc1nc(-c2ccccc2)oc1C)C(=O)O.Cl. The molecule has 2 aromatic rings. The van der Waals surface area contributed by atoms with Crippen molar-refractivity contribution in [2.24, 2.45) is 0 Å². The van der Waals surface area contributed by atoms with Crippen LogP contribution in [0, 0.1) is 6.92 Å². The fourth-order valence-electron chi connectivity index (χ4n) is 2.12. The van der Waals surface area contributed by atoms with Gasteiger partial charge in [0, 0.05) is 12.1 Å². The van der Waals surface area contributed by atoms with Crippen LogP contribution in [-0.4, -0.2) is 22.1 Å². The normalized spacial score (nSPS) is 11.7. The van der Waals surface area contributed by atoms with E-state index in [2.05, 4.69) is 10.3 Å². The van der Waals surface area contributed by atoms with E-state index in [0.717, 1.165) is 17.7 Å². The molecule has 5 nitrogen and oxygen atoms in total. The number of carboxylic acid groups (broad SMARTS) is 1. The van der Waals surface area contributed by atoms with Crippen molar-refractivity contribution in [2.75, 3.05) is 0 Å². The van der Waals surface area contributed by atoms with Gasteiger partial charge in [-0.05, 0) is 25.5 Å². The first kappa shape index (κ1) is 18.2. The Morgan fingerprint density at radius 1 is 1.36 bits per heavy atom. The number of benzene rings is 1. The lowest BCUT2D eigenvalue weighted by atomic mass is 10.1. The second-order valence-corrected chi connectivity index (χ2v) is 4.95. The second-order valence-electron chi connectivity index (χ2n) is 4.95. The van der Waals surface area contributed by atoms with Crippen LogP contribution < -0.4 is 5.32 Å². The average molecular weight is 325 g/mol. The molecule has 0 spiro atoms. The molecule has 1 aromatic heterocycles. The maximum absolute atomic E-state index is 11.1. The second kappa shape index (κ2) is 8.56. The highest BCUT2D eigenvalue weighted by Crippen LogP contribution is 2.21. The van der Waals surface area contributed by atoms with Crippen molar-refractivity contribution in [1.29, 1.82) is 0 Å². The molecule has 0 amide bonds. The van der Waals surface area contributed by atoms with Gasteiger partial charge in [0.05, 0.1) is 5.69 Å². The van der Waals surface area contributed by atoms with Gasteiger partial charge >= 0.3 is 5.97 Å². The van der Waals surface area contributed by atoms with Gasteiger partial charge in [-0.1, -0.05) is 31.5 Å². The molecular weight excluding hydrogens is 304 g/mol. The summed E-state index contributed by atoms with van der Waals surface area (Å²) in [7, 11) is 0. The number of nitrogens with one attached hydrogen (secondary N) is 1. The van der Waals surface area contributed by atoms with Crippen molar-refractivity contribution in [3.8, 4) is 11.5 Å². The highest BCUT2D eigenvalue weighted by molar-refractivity contribution is 5.85. The Hall–Kier alpha value is -1.85. The van der Waals surface area contributed by atoms with E-state index >= 15 is 0 Å². The molecule has 0 saturated carbocycles. The highest BCUT2D eigenvalue weighted by Gasteiger charge is 2.17. The van der Waals surface area contributed by atoms with Crippen LogP contribution in [0.5, 0.6) is 0 Å². The molecule has 1 unspecified atom stereocenters. The lowest BCUT2D eigenvalue weighted by molar-refractivity contribution is -0.139. The summed E-state index contributed by atoms with van der Waals surface area (Å²) in [5.41, 5.74) is 1.66. The van der Waals surface area contributed by atoms with E-state index < -0.39 is 12.0 Å². The number of carbonyl (C=O) groups is 1. The number of nitrogens with zero attached hydrogens (tertiary/aromatic N) is 1. The van der Waals surface area contributed by atoms with Crippen LogP contribution in [0.3, 0.4) is 0 Å². The largest absolute Gasteiger partial charge is 0.480 e. The predicted octanol–water partition coefficient (Wildman–Crippen LogP) is 3.41. The molecule has 1 aromatic carbocycles. The molecule has 0 radical (unpaired) electrons. The monoisotopic (exact) mass is 324 g/mol. The summed E-state index contributed by atoms with van der Waals surface area (Å²) in [6, 6.07) is 9.10. The van der Waals surface area contributed by atoms with Crippen molar-refractivity contribution in [1.82, 2.24) is 10.3 Å². The molecule has 0 aliphatic heterocycles. The van der Waals surface area contributed by atoms with Gasteiger partial charge in [-0.25, -0.2) is 4.98 Å². The van der Waals surface area contributed by atoms with E-state index in [9.17, 15) is 4.79 Å². The van der Waals surface area contributed by atoms with Crippen molar-refractivity contribution < 1.29 is 14.3 Å². The molecule has 6 heteroatoms. The van der Waals surface area contributed by atoms with Gasteiger partial charge in [-0.15, -0.1) is 12.4 Å². The van der Waals surface area contributed by atoms with Crippen molar-refractivity contribution >= 4 is 18.4 Å². The standard InChI is InChI=1S/C16H20N2O3.ClH/c1-3-7-13(16(19)20)17-10-14-11(2)21-15(18-14)12-8-5-4-6-9-12;/h4-6,8-9,13,17H,3,7,10H2,1-2H3,(H,19,20);1H. The van der Waals surface area contributed by atoms with Gasteiger partial charge in [0.15, 0.2) is 0 Å². The summed E-state index contributed by atoms with van der Waals surface area (Å²) >= 11 is 0. The summed E-state index contributed by atoms with van der Waals surface area (Å²) < 4.78 is 5.65. The maximum atomic E-state index is 11.1. The summed E-state index contributed by atoms with van der Waals surface area (Å²) in [6.07, 6.45) is 1.41. The summed E-state index contributed by atoms with van der Waals surface area (Å²) in [5, 5.41) is 12.1. The molecule has 0 fully saturated rings. The minimum Gasteiger partial charge on any atom is -0.480 e. The number of aromatic nitrogens is 1. The lowest BCUT2D eigenvalue weighted by Crippen LogP contribution is -2.36. The van der Waals surface area contributed by atoms with E-state index in [1.807, 2.05) is 44.2 Å². The van der Waals surface area contributed by atoms with E-state index in [1.54, 1.807) is 0 Å². The predicted molar refractivity (Wildman–Crippen MR) is 87.1 cm³/mol. The average Bonchev–Trinajstić information content (AvgIpc) is 2.85. The Kier molecular flexibility index (Phi) is 7.08. The molecule has 1 heterocycles. The Morgan fingerprint density at radius 2 is 2.05 bits per heavy atom. The van der Waals surface area contributed by atoms with Crippen molar-refractivity contribution in [3.05, 3.63) is 41.8 Å². The van der Waals surface area contributed by atoms with Crippen LogP contribution >= 0.6 is 12.4 Å². The zero-order valence-electron chi connectivity index (χ0n) is 12.7. The smallest absolute Gasteiger partial charge is 0.320 e. The van der Waals surface area contributed by atoms with E-state index in [-0.39, 0.29) is 12.4 Å². The van der Waals surface area contributed by atoms with Gasteiger partial charge in [0.25, 0.3) is 0 Å². The van der Waals surface area contributed by atoms with Crippen LogP contribution in [-0.2, 0) is 11.3 Å². The van der Waals surface area contributed by atoms with Gasteiger partial charge < -0.3 is 9.52 Å². The number of oxazole rings is 1. The minimum absolute atomic E-state index is 0. The number of rotatable bonds is 7. The molecule has 2 rings (SSSR count). The first-order valence-electron chi connectivity index (χ1n) is 7.09. The summed E-state index contributed by atoms with van der Waals surface area (Å²) in [6.45, 7) is 4.19. The Labute approximate surface area is 136 Å². The summed E-state index contributed by atoms with van der Waals surface area (Å²) in [4.78, 5) is 15.6. The first-order chi connectivity index (χ1) is 10.1. The lowest BCUT2D eigenvalue weighted by Gasteiger charge is -2.12. The Bertz CT molecular complexity index is 599. The van der Waals surface area contributed by atoms with Gasteiger partial charge in [-0.3, -0.25) is 10.1 Å². The molecule has 0 saturated heterocycles. The molecule has 1 atom stereocenters. The fraction of sp³-hybridized carbons (Fsp3) is 0.375. The van der Waals surface area contributed by atoms with Crippen molar-refractivity contribution in [3.63, 3.8) is 0 Å². The van der Waals surface area contributed by atoms with E-state index in [1.165, 1.54) is 0 Å². The number of aryl methyl sites for hydroxylation is 1. The summed E-state index contributed by atoms with van der Waals surface area (Å²) in [5.74, 6) is 0.440. The van der Waals surface area contributed by atoms with Crippen LogP contribution in [0.2, 0.25) is 0 Å². The molecule has 120 valence electrons. The number of carboxylic acids is 1. The zero-order chi connectivity index (χ0) is 15.2. The van der Waals surface area contributed by atoms with Crippen molar-refractivity contribution in [2.45, 2.75) is 39.3 Å². The Balaban J connectivity index is 0.00000242. The maximum Gasteiger partial charge on any atom is 0.320 e. The van der Waals surface area contributed by atoms with Gasteiger partial charge in [-0.2, -0.15) is 0 Å².